The van der Waals surface area contributed by atoms with Gasteiger partial charge in [-0.2, -0.15) is 0 Å². The van der Waals surface area contributed by atoms with Gasteiger partial charge in [-0.15, -0.1) is 0 Å². The summed E-state index contributed by atoms with van der Waals surface area (Å²) in [5.41, 5.74) is 2.40. The smallest absolute Gasteiger partial charge is 0.323 e. The fraction of sp³-hybridized carbons (Fsp3) is 0.176. The van der Waals surface area contributed by atoms with Crippen molar-refractivity contribution in [1.29, 1.82) is 0 Å². The topological polar surface area (TPSA) is 64.4 Å². The standard InChI is InChI=1S/C17H15BrN2O3/c1-2-23-15-8-7-11(9-12(15)18)17-19-13-5-3-4-6-14(13)20(17)10-16(21)22/h3-9H,2,10H2,1H3,(H,21,22). The average Bonchev–Trinajstić information content (AvgIpc) is 2.88. The van der Waals surface area contributed by atoms with Crippen LogP contribution in [0.15, 0.2) is 46.9 Å². The summed E-state index contributed by atoms with van der Waals surface area (Å²) in [5.74, 6) is 0.467. The van der Waals surface area contributed by atoms with Gasteiger partial charge in [0.2, 0.25) is 0 Å². The van der Waals surface area contributed by atoms with Crippen molar-refractivity contribution >= 4 is 32.9 Å². The first-order valence-corrected chi connectivity index (χ1v) is 7.99. The van der Waals surface area contributed by atoms with Crippen molar-refractivity contribution in [2.24, 2.45) is 0 Å². The Kier molecular flexibility index (Phi) is 4.34. The van der Waals surface area contributed by atoms with Crippen LogP contribution in [0, 0.1) is 0 Å². The molecule has 0 radical (unpaired) electrons. The van der Waals surface area contributed by atoms with Crippen LogP contribution in [0.5, 0.6) is 5.75 Å². The number of carboxylic acid groups (broad SMARTS) is 1. The Morgan fingerprint density at radius 1 is 1.30 bits per heavy atom. The number of hydrogen-bond donors (Lipinski definition) is 1. The van der Waals surface area contributed by atoms with Crippen LogP contribution < -0.4 is 4.74 Å². The molecule has 1 heterocycles. The Hall–Kier alpha value is -2.34. The van der Waals surface area contributed by atoms with Gasteiger partial charge in [0.15, 0.2) is 0 Å². The van der Waals surface area contributed by atoms with E-state index in [0.29, 0.717) is 12.4 Å². The van der Waals surface area contributed by atoms with Crippen molar-refractivity contribution in [3.8, 4) is 17.1 Å². The highest BCUT2D eigenvalue weighted by Crippen LogP contribution is 2.32. The number of rotatable bonds is 5. The number of carboxylic acids is 1. The first-order valence-electron chi connectivity index (χ1n) is 7.20. The minimum atomic E-state index is -0.903. The van der Waals surface area contributed by atoms with Crippen LogP contribution in [-0.4, -0.2) is 27.2 Å². The third-order valence-corrected chi connectivity index (χ3v) is 4.06. The van der Waals surface area contributed by atoms with Gasteiger partial charge in [-0.05, 0) is 53.2 Å². The molecule has 6 heteroatoms. The molecule has 0 bridgehead atoms. The Bertz CT molecular complexity index is 873. The van der Waals surface area contributed by atoms with Gasteiger partial charge in [0.25, 0.3) is 0 Å². The molecule has 0 unspecified atom stereocenters. The molecular formula is C17H15BrN2O3. The van der Waals surface area contributed by atoms with Gasteiger partial charge in [0.1, 0.15) is 18.1 Å². The quantitative estimate of drug-likeness (QED) is 0.734. The van der Waals surface area contributed by atoms with E-state index < -0.39 is 5.97 Å². The lowest BCUT2D eigenvalue weighted by atomic mass is 10.2. The van der Waals surface area contributed by atoms with Crippen LogP contribution in [0.3, 0.4) is 0 Å². The van der Waals surface area contributed by atoms with Crippen LogP contribution in [0.4, 0.5) is 0 Å². The maximum Gasteiger partial charge on any atom is 0.323 e. The van der Waals surface area contributed by atoms with Gasteiger partial charge in [0, 0.05) is 5.56 Å². The van der Waals surface area contributed by atoms with Crippen molar-refractivity contribution in [2.75, 3.05) is 6.61 Å². The largest absolute Gasteiger partial charge is 0.493 e. The predicted molar refractivity (Wildman–Crippen MR) is 91.7 cm³/mol. The fourth-order valence-electron chi connectivity index (χ4n) is 2.50. The van der Waals surface area contributed by atoms with E-state index in [0.717, 1.165) is 26.8 Å². The molecule has 3 rings (SSSR count). The molecule has 0 aliphatic carbocycles. The van der Waals surface area contributed by atoms with Gasteiger partial charge in [-0.25, -0.2) is 4.98 Å². The summed E-state index contributed by atoms with van der Waals surface area (Å²) < 4.78 is 8.03. The lowest BCUT2D eigenvalue weighted by Gasteiger charge is -2.09. The van der Waals surface area contributed by atoms with Crippen molar-refractivity contribution < 1.29 is 14.6 Å². The van der Waals surface area contributed by atoms with Crippen molar-refractivity contribution in [3.05, 3.63) is 46.9 Å². The molecule has 1 N–H and O–H groups in total. The Morgan fingerprint density at radius 2 is 2.09 bits per heavy atom. The van der Waals surface area contributed by atoms with Crippen molar-refractivity contribution in [1.82, 2.24) is 9.55 Å². The minimum absolute atomic E-state index is 0.138. The van der Waals surface area contributed by atoms with E-state index in [1.807, 2.05) is 49.4 Å². The summed E-state index contributed by atoms with van der Waals surface area (Å²) in [6.45, 7) is 2.36. The number of halogens is 1. The number of carbonyl (C=O) groups is 1. The normalized spacial score (nSPS) is 10.9. The molecule has 3 aromatic rings. The third kappa shape index (κ3) is 3.07. The monoisotopic (exact) mass is 374 g/mol. The molecule has 0 aliphatic heterocycles. The molecule has 0 saturated heterocycles. The Morgan fingerprint density at radius 3 is 2.78 bits per heavy atom. The van der Waals surface area contributed by atoms with Crippen molar-refractivity contribution in [2.45, 2.75) is 13.5 Å². The lowest BCUT2D eigenvalue weighted by molar-refractivity contribution is -0.137. The molecule has 0 fully saturated rings. The number of aliphatic carboxylic acids is 1. The number of hydrogen-bond acceptors (Lipinski definition) is 3. The van der Waals surface area contributed by atoms with Crippen LogP contribution >= 0.6 is 15.9 Å². The Balaban J connectivity index is 2.15. The highest BCUT2D eigenvalue weighted by Gasteiger charge is 2.15. The summed E-state index contributed by atoms with van der Waals surface area (Å²) >= 11 is 3.49. The second kappa shape index (κ2) is 6.42. The number of para-hydroxylation sites is 2. The number of nitrogens with zero attached hydrogens (tertiary/aromatic N) is 2. The zero-order chi connectivity index (χ0) is 16.4. The first kappa shape index (κ1) is 15.6. The predicted octanol–water partition coefficient (Wildman–Crippen LogP) is 3.95. The fourth-order valence-corrected chi connectivity index (χ4v) is 3.00. The molecule has 2 aromatic carbocycles. The summed E-state index contributed by atoms with van der Waals surface area (Å²) in [4.78, 5) is 15.8. The highest BCUT2D eigenvalue weighted by molar-refractivity contribution is 9.10. The molecule has 23 heavy (non-hydrogen) atoms. The highest BCUT2D eigenvalue weighted by atomic mass is 79.9. The molecule has 0 amide bonds. The van der Waals surface area contributed by atoms with E-state index >= 15 is 0 Å². The molecule has 0 spiro atoms. The van der Waals surface area contributed by atoms with E-state index in [4.69, 9.17) is 4.74 Å². The average molecular weight is 375 g/mol. The van der Waals surface area contributed by atoms with Gasteiger partial charge in [0.05, 0.1) is 22.1 Å². The summed E-state index contributed by atoms with van der Waals surface area (Å²) in [6.07, 6.45) is 0. The number of ether oxygens (including phenoxy) is 1. The summed E-state index contributed by atoms with van der Waals surface area (Å²) in [5, 5.41) is 9.21. The Labute approximate surface area is 141 Å². The summed E-state index contributed by atoms with van der Waals surface area (Å²) in [6, 6.07) is 13.1. The minimum Gasteiger partial charge on any atom is -0.493 e. The molecule has 5 nitrogen and oxygen atoms in total. The van der Waals surface area contributed by atoms with Gasteiger partial charge >= 0.3 is 5.97 Å². The van der Waals surface area contributed by atoms with Gasteiger partial charge in [-0.1, -0.05) is 12.1 Å². The lowest BCUT2D eigenvalue weighted by Crippen LogP contribution is -2.10. The van der Waals surface area contributed by atoms with E-state index in [1.165, 1.54) is 0 Å². The number of aromatic nitrogens is 2. The number of imidazole rings is 1. The van der Waals surface area contributed by atoms with Crippen LogP contribution in [0.25, 0.3) is 22.4 Å². The molecule has 118 valence electrons. The first-order chi connectivity index (χ1) is 11.1. The number of benzene rings is 2. The maximum atomic E-state index is 11.2. The molecular weight excluding hydrogens is 360 g/mol. The van der Waals surface area contributed by atoms with Gasteiger partial charge in [-0.3, -0.25) is 4.79 Å². The van der Waals surface area contributed by atoms with Crippen LogP contribution in [-0.2, 0) is 11.3 Å². The van der Waals surface area contributed by atoms with Gasteiger partial charge < -0.3 is 14.4 Å². The third-order valence-electron chi connectivity index (χ3n) is 3.44. The zero-order valence-electron chi connectivity index (χ0n) is 12.5. The molecule has 0 aliphatic rings. The summed E-state index contributed by atoms with van der Waals surface area (Å²) in [7, 11) is 0. The van der Waals surface area contributed by atoms with Crippen LogP contribution in [0.2, 0.25) is 0 Å². The zero-order valence-corrected chi connectivity index (χ0v) is 14.1. The molecule has 1 aromatic heterocycles. The number of fused-ring (bicyclic) bond motifs is 1. The maximum absolute atomic E-state index is 11.2. The van der Waals surface area contributed by atoms with E-state index in [1.54, 1.807) is 4.57 Å². The van der Waals surface area contributed by atoms with E-state index in [-0.39, 0.29) is 6.54 Å². The second-order valence-electron chi connectivity index (χ2n) is 4.98. The second-order valence-corrected chi connectivity index (χ2v) is 5.84. The van der Waals surface area contributed by atoms with E-state index in [2.05, 4.69) is 20.9 Å². The van der Waals surface area contributed by atoms with Crippen molar-refractivity contribution in [3.63, 3.8) is 0 Å². The molecule has 0 saturated carbocycles. The molecule has 0 atom stereocenters. The van der Waals surface area contributed by atoms with Crippen LogP contribution in [0.1, 0.15) is 6.92 Å². The SMILES string of the molecule is CCOc1ccc(-c2nc3ccccc3n2CC(=O)O)cc1Br. The van der Waals surface area contributed by atoms with E-state index in [9.17, 15) is 9.90 Å².